The van der Waals surface area contributed by atoms with Crippen molar-refractivity contribution in [1.29, 1.82) is 0 Å². The molecule has 5 rings (SSSR count). The van der Waals surface area contributed by atoms with Gasteiger partial charge in [-0.3, -0.25) is 0 Å². The number of halogens is 2. The van der Waals surface area contributed by atoms with Gasteiger partial charge in [-0.05, 0) is 64.9 Å². The molecule has 134 valence electrons. The van der Waals surface area contributed by atoms with Crippen molar-refractivity contribution < 1.29 is 0 Å². The summed E-state index contributed by atoms with van der Waals surface area (Å²) in [5.74, 6) is 0. The molecule has 0 radical (unpaired) electrons. The molecule has 0 bridgehead atoms. The van der Waals surface area contributed by atoms with Crippen LogP contribution < -0.4 is 0 Å². The zero-order chi connectivity index (χ0) is 19.1. The summed E-state index contributed by atoms with van der Waals surface area (Å²) in [5, 5.41) is 2.58. The van der Waals surface area contributed by atoms with Crippen molar-refractivity contribution in [2.24, 2.45) is 0 Å². The zero-order valence-corrected chi connectivity index (χ0v) is 18.2. The highest BCUT2D eigenvalue weighted by Crippen LogP contribution is 2.53. The Hall–Kier alpha value is -2.42. The molecular weight excluding hydrogens is 472 g/mol. The van der Waals surface area contributed by atoms with E-state index in [9.17, 15) is 0 Å². The van der Waals surface area contributed by atoms with Gasteiger partial charge in [-0.2, -0.15) is 0 Å². The molecule has 2 heteroatoms. The Kier molecular flexibility index (Phi) is 4.54. The van der Waals surface area contributed by atoms with Crippen LogP contribution in [0.5, 0.6) is 0 Å². The number of hydrogen-bond donors (Lipinski definition) is 0. The number of hydrogen-bond acceptors (Lipinski definition) is 0. The molecule has 0 amide bonds. The van der Waals surface area contributed by atoms with E-state index in [0.29, 0.717) is 0 Å². The standard InChI is InChI=1S/C26H16Br2/c27-25(18-9-3-1-4-10-18)23-20-15-7-13-17-14-8-16-21(22(17)20)24(23)26(28)19-11-5-2-6-12-19/h1-16H/b25-23-,26-24+. The van der Waals surface area contributed by atoms with E-state index in [4.69, 9.17) is 0 Å². The Morgan fingerprint density at radius 3 is 1.32 bits per heavy atom. The van der Waals surface area contributed by atoms with Gasteiger partial charge in [0.25, 0.3) is 0 Å². The summed E-state index contributed by atoms with van der Waals surface area (Å²) >= 11 is 7.89. The van der Waals surface area contributed by atoms with Crippen molar-refractivity contribution in [3.8, 4) is 0 Å². The third kappa shape index (κ3) is 2.80. The van der Waals surface area contributed by atoms with Crippen LogP contribution in [-0.2, 0) is 0 Å². The van der Waals surface area contributed by atoms with E-state index in [2.05, 4.69) is 129 Å². The number of rotatable bonds is 2. The van der Waals surface area contributed by atoms with Crippen LogP contribution in [0.25, 0.3) is 30.9 Å². The minimum Gasteiger partial charge on any atom is -0.0622 e. The molecule has 0 heterocycles. The first kappa shape index (κ1) is 17.7. The van der Waals surface area contributed by atoms with Crippen molar-refractivity contribution in [1.82, 2.24) is 0 Å². The highest BCUT2D eigenvalue weighted by molar-refractivity contribution is 9.15. The molecule has 0 aromatic heterocycles. The molecule has 0 N–H and O–H groups in total. The van der Waals surface area contributed by atoms with Gasteiger partial charge < -0.3 is 0 Å². The zero-order valence-electron chi connectivity index (χ0n) is 15.0. The first-order valence-corrected chi connectivity index (χ1v) is 10.8. The highest BCUT2D eigenvalue weighted by Gasteiger charge is 2.29. The Bertz CT molecular complexity index is 1150. The fourth-order valence-electron chi connectivity index (χ4n) is 3.94. The van der Waals surface area contributed by atoms with E-state index in [1.54, 1.807) is 0 Å². The molecule has 0 saturated heterocycles. The van der Waals surface area contributed by atoms with E-state index in [0.717, 1.165) is 8.96 Å². The van der Waals surface area contributed by atoms with Gasteiger partial charge in [0, 0.05) is 20.1 Å². The van der Waals surface area contributed by atoms with E-state index >= 15 is 0 Å². The topological polar surface area (TPSA) is 0 Å². The van der Waals surface area contributed by atoms with Crippen molar-refractivity contribution in [2.75, 3.05) is 0 Å². The van der Waals surface area contributed by atoms with Gasteiger partial charge in [0.15, 0.2) is 0 Å². The van der Waals surface area contributed by atoms with Crippen molar-refractivity contribution in [2.45, 2.75) is 0 Å². The fraction of sp³-hybridized carbons (Fsp3) is 0. The molecule has 4 aromatic rings. The smallest absolute Gasteiger partial charge is 0.0333 e. The predicted molar refractivity (Wildman–Crippen MR) is 128 cm³/mol. The Morgan fingerprint density at radius 1 is 0.464 bits per heavy atom. The monoisotopic (exact) mass is 486 g/mol. The normalized spacial score (nSPS) is 16.4. The SMILES string of the molecule is Br/C(=C1\C(=C(\Br)c2ccccc2)c2cccc3cccc1c23)c1ccccc1. The lowest BCUT2D eigenvalue weighted by atomic mass is 9.97. The largest absolute Gasteiger partial charge is 0.0622 e. The Balaban J connectivity index is 1.91. The second-order valence-corrected chi connectivity index (χ2v) is 8.41. The maximum absolute atomic E-state index is 3.94. The van der Waals surface area contributed by atoms with Gasteiger partial charge in [-0.15, -0.1) is 0 Å². The van der Waals surface area contributed by atoms with Gasteiger partial charge in [-0.25, -0.2) is 0 Å². The fourth-order valence-corrected chi connectivity index (χ4v) is 5.29. The van der Waals surface area contributed by atoms with E-state index in [1.165, 1.54) is 44.2 Å². The number of allylic oxidation sites excluding steroid dienone is 2. The summed E-state index contributed by atoms with van der Waals surface area (Å²) in [6, 6.07) is 34.1. The van der Waals surface area contributed by atoms with Gasteiger partial charge >= 0.3 is 0 Å². The molecule has 0 fully saturated rings. The summed E-state index contributed by atoms with van der Waals surface area (Å²) in [7, 11) is 0. The summed E-state index contributed by atoms with van der Waals surface area (Å²) in [6.07, 6.45) is 0. The Morgan fingerprint density at radius 2 is 0.893 bits per heavy atom. The van der Waals surface area contributed by atoms with Crippen LogP contribution in [0.4, 0.5) is 0 Å². The third-order valence-corrected chi connectivity index (χ3v) is 6.90. The average Bonchev–Trinajstić information content (AvgIpc) is 3.10. The molecule has 1 aliphatic carbocycles. The quantitative estimate of drug-likeness (QED) is 0.266. The maximum atomic E-state index is 3.94. The maximum Gasteiger partial charge on any atom is 0.0333 e. The first-order chi connectivity index (χ1) is 13.8. The van der Waals surface area contributed by atoms with Crippen LogP contribution in [0.1, 0.15) is 22.3 Å². The molecule has 0 atom stereocenters. The lowest BCUT2D eigenvalue weighted by Gasteiger charge is -2.13. The minimum absolute atomic E-state index is 1.11. The summed E-state index contributed by atoms with van der Waals surface area (Å²) < 4.78 is 2.22. The second kappa shape index (κ2) is 7.20. The third-order valence-electron chi connectivity index (χ3n) is 5.19. The van der Waals surface area contributed by atoms with E-state index < -0.39 is 0 Å². The van der Waals surface area contributed by atoms with Crippen LogP contribution in [0.2, 0.25) is 0 Å². The van der Waals surface area contributed by atoms with Crippen LogP contribution in [0.15, 0.2) is 97.1 Å². The molecule has 0 spiro atoms. The molecule has 1 aliphatic rings. The molecule has 0 nitrogen and oxygen atoms in total. The van der Waals surface area contributed by atoms with Gasteiger partial charge in [0.2, 0.25) is 0 Å². The predicted octanol–water partition coefficient (Wildman–Crippen LogP) is 8.38. The number of benzene rings is 4. The van der Waals surface area contributed by atoms with E-state index in [-0.39, 0.29) is 0 Å². The highest BCUT2D eigenvalue weighted by atomic mass is 79.9. The molecule has 4 aromatic carbocycles. The summed E-state index contributed by atoms with van der Waals surface area (Å²) in [6.45, 7) is 0. The molecule has 28 heavy (non-hydrogen) atoms. The lowest BCUT2D eigenvalue weighted by Crippen LogP contribution is -1.89. The summed E-state index contributed by atoms with van der Waals surface area (Å²) in [5.41, 5.74) is 7.35. The Labute approximate surface area is 181 Å². The van der Waals surface area contributed by atoms with Gasteiger partial charge in [0.1, 0.15) is 0 Å². The van der Waals surface area contributed by atoms with Gasteiger partial charge in [0.05, 0.1) is 0 Å². The second-order valence-electron chi connectivity index (χ2n) is 6.82. The van der Waals surface area contributed by atoms with Crippen molar-refractivity contribution >= 4 is 62.7 Å². The summed E-state index contributed by atoms with van der Waals surface area (Å²) in [4.78, 5) is 0. The molecule has 0 unspecified atom stereocenters. The van der Waals surface area contributed by atoms with Crippen molar-refractivity contribution in [3.63, 3.8) is 0 Å². The van der Waals surface area contributed by atoms with E-state index in [1.807, 2.05) is 0 Å². The first-order valence-electron chi connectivity index (χ1n) is 9.19. The minimum atomic E-state index is 1.11. The average molecular weight is 488 g/mol. The molecular formula is C26H16Br2. The van der Waals surface area contributed by atoms with Crippen molar-refractivity contribution in [3.05, 3.63) is 119 Å². The van der Waals surface area contributed by atoms with Gasteiger partial charge in [-0.1, -0.05) is 97.1 Å². The lowest BCUT2D eigenvalue weighted by molar-refractivity contribution is 1.65. The van der Waals surface area contributed by atoms with Crippen LogP contribution >= 0.6 is 31.9 Å². The van der Waals surface area contributed by atoms with Crippen LogP contribution in [0.3, 0.4) is 0 Å². The van der Waals surface area contributed by atoms with Crippen LogP contribution in [-0.4, -0.2) is 0 Å². The van der Waals surface area contributed by atoms with Crippen LogP contribution in [0, 0.1) is 0 Å². The molecule has 0 saturated carbocycles. The molecule has 0 aliphatic heterocycles.